The molecule has 0 spiro atoms. The van der Waals surface area contributed by atoms with Gasteiger partial charge in [-0.2, -0.15) is 13.2 Å². The molecule has 194 valence electrons. The zero-order valence-electron chi connectivity index (χ0n) is 19.8. The van der Waals surface area contributed by atoms with Crippen molar-refractivity contribution in [1.29, 1.82) is 0 Å². The summed E-state index contributed by atoms with van der Waals surface area (Å²) < 4.78 is 67.0. The summed E-state index contributed by atoms with van der Waals surface area (Å²) in [6.07, 6.45) is -1.35. The first-order valence-electron chi connectivity index (χ1n) is 11.9. The third-order valence-corrected chi connectivity index (χ3v) is 6.62. The van der Waals surface area contributed by atoms with Crippen molar-refractivity contribution in [2.45, 2.75) is 12.7 Å². The summed E-state index contributed by atoms with van der Waals surface area (Å²) in [6, 6.07) is 10.9. The molecule has 38 heavy (non-hydrogen) atoms. The summed E-state index contributed by atoms with van der Waals surface area (Å²) in [6.45, 7) is 1.99. The first-order chi connectivity index (χ1) is 18.3. The molecule has 0 saturated carbocycles. The van der Waals surface area contributed by atoms with E-state index in [1.54, 1.807) is 35.2 Å². The highest BCUT2D eigenvalue weighted by Gasteiger charge is 2.30. The maximum Gasteiger partial charge on any atom is 0.416 e. The zero-order chi connectivity index (χ0) is 26.4. The van der Waals surface area contributed by atoms with Crippen LogP contribution in [-0.2, 0) is 17.5 Å². The lowest BCUT2D eigenvalue weighted by Crippen LogP contribution is -2.36. The molecule has 6 rings (SSSR count). The lowest BCUT2D eigenvalue weighted by Gasteiger charge is -2.29. The second-order valence-electron chi connectivity index (χ2n) is 9.00. The highest BCUT2D eigenvalue weighted by atomic mass is 19.4. The van der Waals surface area contributed by atoms with Gasteiger partial charge in [0.05, 0.1) is 35.5 Å². The van der Waals surface area contributed by atoms with Crippen molar-refractivity contribution in [3.8, 4) is 11.3 Å². The van der Waals surface area contributed by atoms with Gasteiger partial charge < -0.3 is 18.7 Å². The first-order valence-corrected chi connectivity index (χ1v) is 11.9. The van der Waals surface area contributed by atoms with Gasteiger partial charge in [0, 0.05) is 37.4 Å². The predicted octanol–water partition coefficient (Wildman–Crippen LogP) is 5.25. The van der Waals surface area contributed by atoms with E-state index in [1.807, 2.05) is 4.90 Å². The fraction of sp³-hybridized carbons (Fsp3) is 0.222. The van der Waals surface area contributed by atoms with Crippen LogP contribution < -0.4 is 10.3 Å². The largest absolute Gasteiger partial charge is 0.416 e. The summed E-state index contributed by atoms with van der Waals surface area (Å²) in [7, 11) is 0. The molecule has 1 aliphatic rings. The number of alkyl halides is 3. The Morgan fingerprint density at radius 1 is 1.03 bits per heavy atom. The van der Waals surface area contributed by atoms with Gasteiger partial charge in [-0.1, -0.05) is 17.3 Å². The summed E-state index contributed by atoms with van der Waals surface area (Å²) in [5.41, 5.74) is 1.19. The highest BCUT2D eigenvalue weighted by molar-refractivity contribution is 5.92. The standard InChI is InChI=1S/C27H20F4N4O3/c28-20-12-18-21(13-22(20)34-8-10-37-11-9-34)35(14-16-3-5-17(6-4-16)27(29,30)31)15-19(26(18)36)24-25-23(38-33-24)2-1-7-32-25/h1-7,12-13,15H,8-11,14H2. The first kappa shape index (κ1) is 24.1. The van der Waals surface area contributed by atoms with Gasteiger partial charge in [0.25, 0.3) is 0 Å². The maximum atomic E-state index is 15.3. The van der Waals surface area contributed by atoms with Crippen molar-refractivity contribution < 1.29 is 26.8 Å². The van der Waals surface area contributed by atoms with Crippen LogP contribution in [0.5, 0.6) is 0 Å². The summed E-state index contributed by atoms with van der Waals surface area (Å²) in [4.78, 5) is 19.7. The fourth-order valence-corrected chi connectivity index (χ4v) is 4.70. The zero-order valence-corrected chi connectivity index (χ0v) is 19.8. The SMILES string of the molecule is O=c1c(-c2noc3cccnc23)cn(Cc2ccc(C(F)(F)F)cc2)c2cc(N3CCOCC3)c(F)cc12. The Morgan fingerprint density at radius 2 is 1.79 bits per heavy atom. The topological polar surface area (TPSA) is 73.4 Å². The van der Waals surface area contributed by atoms with Crippen molar-refractivity contribution >= 4 is 27.7 Å². The van der Waals surface area contributed by atoms with Crippen LogP contribution in [0.4, 0.5) is 23.2 Å². The molecule has 2 aromatic carbocycles. The Bertz CT molecular complexity index is 1700. The number of hydrogen-bond donors (Lipinski definition) is 0. The van der Waals surface area contributed by atoms with E-state index in [1.165, 1.54) is 18.2 Å². The average molecular weight is 524 g/mol. The Labute approximate surface area is 212 Å². The minimum Gasteiger partial charge on any atom is -0.378 e. The number of fused-ring (bicyclic) bond motifs is 2. The molecule has 1 saturated heterocycles. The molecule has 3 aromatic heterocycles. The Kier molecular flexibility index (Phi) is 5.87. The second-order valence-corrected chi connectivity index (χ2v) is 9.00. The van der Waals surface area contributed by atoms with Crippen LogP contribution in [0, 0.1) is 5.82 Å². The molecule has 0 N–H and O–H groups in total. The maximum absolute atomic E-state index is 15.3. The molecule has 5 aromatic rings. The number of halogens is 4. The summed E-state index contributed by atoms with van der Waals surface area (Å²) in [5, 5.41) is 4.15. The van der Waals surface area contributed by atoms with Gasteiger partial charge in [-0.15, -0.1) is 0 Å². The predicted molar refractivity (Wildman–Crippen MR) is 133 cm³/mol. The van der Waals surface area contributed by atoms with Crippen LogP contribution in [0.3, 0.4) is 0 Å². The number of benzene rings is 2. The number of hydrogen-bond acceptors (Lipinski definition) is 6. The molecule has 0 radical (unpaired) electrons. The lowest BCUT2D eigenvalue weighted by molar-refractivity contribution is -0.137. The van der Waals surface area contributed by atoms with E-state index in [-0.39, 0.29) is 23.2 Å². The van der Waals surface area contributed by atoms with E-state index in [2.05, 4.69) is 10.1 Å². The van der Waals surface area contributed by atoms with Gasteiger partial charge in [0.2, 0.25) is 0 Å². The van der Waals surface area contributed by atoms with Crippen LogP contribution in [0.15, 0.2) is 70.2 Å². The van der Waals surface area contributed by atoms with Gasteiger partial charge in [-0.25, -0.2) is 4.39 Å². The highest BCUT2D eigenvalue weighted by Crippen LogP contribution is 2.31. The molecular weight excluding hydrogens is 504 g/mol. The number of pyridine rings is 2. The molecule has 1 aliphatic heterocycles. The quantitative estimate of drug-likeness (QED) is 0.299. The molecule has 0 bridgehead atoms. The Hall–Kier alpha value is -4.25. The third-order valence-electron chi connectivity index (χ3n) is 6.62. The van der Waals surface area contributed by atoms with Crippen LogP contribution in [0.25, 0.3) is 33.3 Å². The summed E-state index contributed by atoms with van der Waals surface area (Å²) in [5.74, 6) is -0.558. The summed E-state index contributed by atoms with van der Waals surface area (Å²) >= 11 is 0. The van der Waals surface area contributed by atoms with E-state index in [9.17, 15) is 18.0 Å². The smallest absolute Gasteiger partial charge is 0.378 e. The fourth-order valence-electron chi connectivity index (χ4n) is 4.70. The molecule has 4 heterocycles. The molecule has 7 nitrogen and oxygen atoms in total. The van der Waals surface area contributed by atoms with Crippen molar-refractivity contribution in [1.82, 2.24) is 14.7 Å². The van der Waals surface area contributed by atoms with E-state index >= 15 is 4.39 Å². The number of aromatic nitrogens is 3. The minimum atomic E-state index is -4.46. The average Bonchev–Trinajstić information content (AvgIpc) is 3.34. The van der Waals surface area contributed by atoms with Crippen LogP contribution >= 0.6 is 0 Å². The molecule has 0 amide bonds. The normalized spacial score (nSPS) is 14.5. The molecule has 0 unspecified atom stereocenters. The molecule has 0 aliphatic carbocycles. The Morgan fingerprint density at radius 3 is 2.53 bits per heavy atom. The lowest BCUT2D eigenvalue weighted by atomic mass is 10.1. The van der Waals surface area contributed by atoms with Crippen molar-refractivity contribution in [2.75, 3.05) is 31.2 Å². The van der Waals surface area contributed by atoms with E-state index in [4.69, 9.17) is 9.26 Å². The third kappa shape index (κ3) is 4.28. The number of rotatable bonds is 4. The van der Waals surface area contributed by atoms with Crippen LogP contribution in [0.2, 0.25) is 0 Å². The molecular formula is C27H20F4N4O3. The van der Waals surface area contributed by atoms with Crippen LogP contribution in [-0.4, -0.2) is 41.0 Å². The number of anilines is 1. The number of ether oxygens (including phenoxy) is 1. The van der Waals surface area contributed by atoms with Crippen molar-refractivity contribution in [3.05, 3.63) is 88.1 Å². The van der Waals surface area contributed by atoms with Crippen LogP contribution in [0.1, 0.15) is 11.1 Å². The number of nitrogens with zero attached hydrogens (tertiary/aromatic N) is 4. The van der Waals surface area contributed by atoms with Gasteiger partial charge in [-0.3, -0.25) is 9.78 Å². The minimum absolute atomic E-state index is 0.107. The van der Waals surface area contributed by atoms with E-state index < -0.39 is 23.0 Å². The molecule has 11 heteroatoms. The van der Waals surface area contributed by atoms with Crippen molar-refractivity contribution in [3.63, 3.8) is 0 Å². The monoisotopic (exact) mass is 524 g/mol. The Balaban J connectivity index is 1.54. The second kappa shape index (κ2) is 9.25. The van der Waals surface area contributed by atoms with Gasteiger partial charge >= 0.3 is 6.18 Å². The van der Waals surface area contributed by atoms with Crippen molar-refractivity contribution in [2.24, 2.45) is 0 Å². The van der Waals surface area contributed by atoms with E-state index in [0.29, 0.717) is 54.2 Å². The van der Waals surface area contributed by atoms with Gasteiger partial charge in [0.1, 0.15) is 17.0 Å². The van der Waals surface area contributed by atoms with Gasteiger partial charge in [0.15, 0.2) is 11.0 Å². The number of morpholine rings is 1. The van der Waals surface area contributed by atoms with Gasteiger partial charge in [-0.05, 0) is 42.0 Å². The molecule has 1 fully saturated rings. The van der Waals surface area contributed by atoms with E-state index in [0.717, 1.165) is 12.1 Å². The molecule has 0 atom stereocenters.